The van der Waals surface area contributed by atoms with Gasteiger partial charge >= 0.3 is 0 Å². The monoisotopic (exact) mass is 251 g/mol. The average molecular weight is 251 g/mol. The first-order chi connectivity index (χ1) is 7.99. The number of ketones is 1. The van der Waals surface area contributed by atoms with E-state index in [9.17, 15) is 9.59 Å². The molecule has 0 aromatic carbocycles. The van der Waals surface area contributed by atoms with Crippen molar-refractivity contribution in [2.75, 3.05) is 13.1 Å². The number of amides is 1. The van der Waals surface area contributed by atoms with E-state index in [4.69, 9.17) is 0 Å². The Bertz CT molecular complexity index is 423. The molecule has 1 aromatic rings. The summed E-state index contributed by atoms with van der Waals surface area (Å²) in [5.41, 5.74) is -0.0375. The van der Waals surface area contributed by atoms with Gasteiger partial charge in [-0.2, -0.15) is 0 Å². The van der Waals surface area contributed by atoms with Crippen LogP contribution in [-0.2, 0) is 15.0 Å². The number of carbonyl (C=O) groups is 2. The maximum Gasteiger partial charge on any atom is 0.230 e. The Balaban J connectivity index is 2.06. The number of carbonyl (C=O) groups excluding carboxylic acids is 2. The third-order valence-corrected chi connectivity index (χ3v) is 4.37. The zero-order valence-corrected chi connectivity index (χ0v) is 11.0. The van der Waals surface area contributed by atoms with Crippen LogP contribution in [0.5, 0.6) is 0 Å². The second kappa shape index (κ2) is 4.61. The van der Waals surface area contributed by atoms with E-state index in [-0.39, 0.29) is 23.5 Å². The number of nitrogens with zero attached hydrogens (tertiary/aromatic N) is 1. The molecule has 0 spiro atoms. The lowest BCUT2D eigenvalue weighted by atomic mass is 9.90. The smallest absolute Gasteiger partial charge is 0.230 e. The highest BCUT2D eigenvalue weighted by Gasteiger charge is 2.30. The number of thiophene rings is 1. The summed E-state index contributed by atoms with van der Waals surface area (Å²) in [5, 5.41) is 2.05. The Morgan fingerprint density at radius 2 is 2.18 bits per heavy atom. The van der Waals surface area contributed by atoms with Crippen LogP contribution in [0.25, 0.3) is 0 Å². The summed E-state index contributed by atoms with van der Waals surface area (Å²) < 4.78 is 0. The molecule has 17 heavy (non-hydrogen) atoms. The third-order valence-electron chi connectivity index (χ3n) is 3.14. The molecule has 92 valence electrons. The minimum absolute atomic E-state index is 0.0223. The van der Waals surface area contributed by atoms with Crippen molar-refractivity contribution in [3.05, 3.63) is 22.4 Å². The minimum atomic E-state index is -0.0375. The molecule has 4 heteroatoms. The van der Waals surface area contributed by atoms with E-state index in [1.54, 1.807) is 11.3 Å². The summed E-state index contributed by atoms with van der Waals surface area (Å²) in [4.78, 5) is 26.0. The molecule has 0 bridgehead atoms. The summed E-state index contributed by atoms with van der Waals surface area (Å²) in [5.74, 6) is 0.0473. The zero-order valence-electron chi connectivity index (χ0n) is 10.2. The van der Waals surface area contributed by atoms with E-state index in [1.165, 1.54) is 4.88 Å². The molecule has 1 fully saturated rings. The number of likely N-dealkylation sites (tertiary alicyclic amines) is 1. The summed E-state index contributed by atoms with van der Waals surface area (Å²) in [6.45, 7) is 5.55. The normalized spacial score (nSPS) is 17.6. The number of hydrogen-bond acceptors (Lipinski definition) is 3. The van der Waals surface area contributed by atoms with Crippen molar-refractivity contribution in [2.24, 2.45) is 0 Å². The molecule has 3 nitrogen and oxygen atoms in total. The van der Waals surface area contributed by atoms with Crippen molar-refractivity contribution in [1.82, 2.24) is 4.90 Å². The van der Waals surface area contributed by atoms with Gasteiger partial charge < -0.3 is 4.90 Å². The van der Waals surface area contributed by atoms with Gasteiger partial charge in [0.25, 0.3) is 0 Å². The van der Waals surface area contributed by atoms with Gasteiger partial charge in [-0.3, -0.25) is 9.59 Å². The van der Waals surface area contributed by atoms with Crippen LogP contribution in [0, 0.1) is 0 Å². The summed E-state index contributed by atoms with van der Waals surface area (Å²) in [7, 11) is 0. The van der Waals surface area contributed by atoms with E-state index in [1.807, 2.05) is 11.0 Å². The van der Waals surface area contributed by atoms with Gasteiger partial charge in [0.15, 0.2) is 0 Å². The molecule has 2 heterocycles. The van der Waals surface area contributed by atoms with Crippen LogP contribution in [0.4, 0.5) is 0 Å². The lowest BCUT2D eigenvalue weighted by Crippen LogP contribution is -2.45. The Kier molecular flexibility index (Phi) is 3.33. The Morgan fingerprint density at radius 3 is 2.76 bits per heavy atom. The molecular weight excluding hydrogens is 234 g/mol. The van der Waals surface area contributed by atoms with Crippen LogP contribution < -0.4 is 0 Å². The van der Waals surface area contributed by atoms with Gasteiger partial charge in [-0.05, 0) is 11.4 Å². The summed E-state index contributed by atoms with van der Waals surface area (Å²) in [6, 6.07) is 4.13. The molecule has 0 radical (unpaired) electrons. The first-order valence-electron chi connectivity index (χ1n) is 5.82. The standard InChI is InChI=1S/C13H17NO2S/c1-13(2,11-4-3-7-17-11)9-14-6-5-10(15)8-12(14)16/h3-4,7H,5-6,8-9H2,1-2H3. The fraction of sp³-hybridized carbons (Fsp3) is 0.538. The van der Waals surface area contributed by atoms with Crippen molar-refractivity contribution >= 4 is 23.0 Å². The van der Waals surface area contributed by atoms with Gasteiger partial charge in [0.1, 0.15) is 5.78 Å². The molecule has 1 aliphatic heterocycles. The van der Waals surface area contributed by atoms with Crippen molar-refractivity contribution in [2.45, 2.75) is 32.1 Å². The molecule has 0 N–H and O–H groups in total. The van der Waals surface area contributed by atoms with Gasteiger partial charge in [-0.15, -0.1) is 11.3 Å². The Morgan fingerprint density at radius 1 is 1.41 bits per heavy atom. The predicted octanol–water partition coefficient (Wildman–Crippen LogP) is 2.22. The molecule has 1 amide bonds. The molecule has 1 aliphatic rings. The second-order valence-corrected chi connectivity index (χ2v) is 6.09. The molecule has 0 aliphatic carbocycles. The fourth-order valence-electron chi connectivity index (χ4n) is 2.14. The van der Waals surface area contributed by atoms with E-state index < -0.39 is 0 Å². The maximum atomic E-state index is 11.8. The topological polar surface area (TPSA) is 37.4 Å². The van der Waals surface area contributed by atoms with Gasteiger partial charge in [0.05, 0.1) is 6.42 Å². The Hall–Kier alpha value is -1.16. The zero-order chi connectivity index (χ0) is 12.5. The Labute approximate surface area is 105 Å². The quantitative estimate of drug-likeness (QED) is 0.772. The first kappa shape index (κ1) is 12.3. The van der Waals surface area contributed by atoms with Crippen molar-refractivity contribution in [1.29, 1.82) is 0 Å². The molecule has 0 saturated carbocycles. The molecule has 0 atom stereocenters. The van der Waals surface area contributed by atoms with Crippen molar-refractivity contribution in [3.63, 3.8) is 0 Å². The lowest BCUT2D eigenvalue weighted by Gasteiger charge is -2.34. The summed E-state index contributed by atoms with van der Waals surface area (Å²) >= 11 is 1.72. The van der Waals surface area contributed by atoms with Crippen molar-refractivity contribution < 1.29 is 9.59 Å². The molecule has 0 unspecified atom stereocenters. The summed E-state index contributed by atoms with van der Waals surface area (Å²) in [6.07, 6.45) is 0.590. The average Bonchev–Trinajstić information content (AvgIpc) is 2.76. The SMILES string of the molecule is CC(C)(CN1CCC(=O)CC1=O)c1cccs1. The van der Waals surface area contributed by atoms with Crippen molar-refractivity contribution in [3.8, 4) is 0 Å². The van der Waals surface area contributed by atoms with Crippen LogP contribution in [0.1, 0.15) is 31.6 Å². The van der Waals surface area contributed by atoms with E-state index in [0.29, 0.717) is 19.5 Å². The van der Waals surface area contributed by atoms with Crippen LogP contribution in [0.3, 0.4) is 0 Å². The highest BCUT2D eigenvalue weighted by Crippen LogP contribution is 2.29. The van der Waals surface area contributed by atoms with Gasteiger partial charge in [0.2, 0.25) is 5.91 Å². The minimum Gasteiger partial charge on any atom is -0.341 e. The number of Topliss-reactive ketones (excluding diaryl/α,β-unsaturated/α-hetero) is 1. The van der Waals surface area contributed by atoms with E-state index >= 15 is 0 Å². The van der Waals surface area contributed by atoms with Crippen LogP contribution in [-0.4, -0.2) is 29.7 Å². The van der Waals surface area contributed by atoms with Crippen LogP contribution >= 0.6 is 11.3 Å². The highest BCUT2D eigenvalue weighted by atomic mass is 32.1. The second-order valence-electron chi connectivity index (χ2n) is 5.14. The number of rotatable bonds is 3. The number of hydrogen-bond donors (Lipinski definition) is 0. The first-order valence-corrected chi connectivity index (χ1v) is 6.70. The molecule has 1 aromatic heterocycles. The molecule has 2 rings (SSSR count). The lowest BCUT2D eigenvalue weighted by molar-refractivity contribution is -0.140. The van der Waals surface area contributed by atoms with Crippen LogP contribution in [0.2, 0.25) is 0 Å². The predicted molar refractivity (Wildman–Crippen MR) is 68.2 cm³/mol. The molecule has 1 saturated heterocycles. The van der Waals surface area contributed by atoms with Gasteiger partial charge in [-0.25, -0.2) is 0 Å². The van der Waals surface area contributed by atoms with E-state index in [2.05, 4.69) is 25.3 Å². The molecular formula is C13H17NO2S. The van der Waals surface area contributed by atoms with Gasteiger partial charge in [0, 0.05) is 29.8 Å². The fourth-order valence-corrected chi connectivity index (χ4v) is 2.98. The third kappa shape index (κ3) is 2.75. The largest absolute Gasteiger partial charge is 0.341 e. The van der Waals surface area contributed by atoms with Crippen LogP contribution in [0.15, 0.2) is 17.5 Å². The van der Waals surface area contributed by atoms with E-state index in [0.717, 1.165) is 0 Å². The highest BCUT2D eigenvalue weighted by molar-refractivity contribution is 7.10. The maximum absolute atomic E-state index is 11.8. The van der Waals surface area contributed by atoms with Gasteiger partial charge in [-0.1, -0.05) is 19.9 Å². The number of piperidine rings is 1.